The molecular formula is C16H18F3NO3. The summed E-state index contributed by atoms with van der Waals surface area (Å²) in [6.07, 6.45) is -2.12. The van der Waals surface area contributed by atoms with Gasteiger partial charge in [0.05, 0.1) is 11.5 Å². The summed E-state index contributed by atoms with van der Waals surface area (Å²) in [6, 6.07) is 4.30. The molecule has 0 saturated heterocycles. The van der Waals surface area contributed by atoms with Crippen molar-refractivity contribution in [3.63, 3.8) is 0 Å². The van der Waals surface area contributed by atoms with Gasteiger partial charge in [-0.15, -0.1) is 0 Å². The van der Waals surface area contributed by atoms with Crippen molar-refractivity contribution in [2.45, 2.75) is 44.9 Å². The molecule has 1 atom stereocenters. The SMILES string of the molecule is C[C@H](OC(=O)C1CCCC1)C(=O)Nc1cccc(C(F)(F)F)c1. The van der Waals surface area contributed by atoms with E-state index in [2.05, 4.69) is 5.32 Å². The second kappa shape index (κ2) is 7.02. The quantitative estimate of drug-likeness (QED) is 0.856. The van der Waals surface area contributed by atoms with Crippen LogP contribution in [-0.4, -0.2) is 18.0 Å². The number of carbonyl (C=O) groups excluding carboxylic acids is 2. The molecule has 1 aromatic rings. The Bertz CT molecular complexity index is 580. The minimum absolute atomic E-state index is 0.00795. The number of rotatable bonds is 4. The van der Waals surface area contributed by atoms with Crippen LogP contribution in [0.2, 0.25) is 0 Å². The number of amides is 1. The minimum Gasteiger partial charge on any atom is -0.452 e. The third kappa shape index (κ3) is 4.71. The van der Waals surface area contributed by atoms with Gasteiger partial charge in [0.25, 0.3) is 5.91 Å². The van der Waals surface area contributed by atoms with E-state index in [9.17, 15) is 22.8 Å². The van der Waals surface area contributed by atoms with Gasteiger partial charge in [-0.1, -0.05) is 18.9 Å². The van der Waals surface area contributed by atoms with E-state index < -0.39 is 29.7 Å². The highest BCUT2D eigenvalue weighted by molar-refractivity contribution is 5.95. The van der Waals surface area contributed by atoms with E-state index in [0.29, 0.717) is 0 Å². The Morgan fingerprint density at radius 2 is 1.91 bits per heavy atom. The second-order valence-corrected chi connectivity index (χ2v) is 5.63. The normalized spacial score (nSPS) is 16.9. The predicted octanol–water partition coefficient (Wildman–Crippen LogP) is 3.77. The molecular weight excluding hydrogens is 311 g/mol. The van der Waals surface area contributed by atoms with Crippen molar-refractivity contribution in [3.8, 4) is 0 Å². The smallest absolute Gasteiger partial charge is 0.416 e. The lowest BCUT2D eigenvalue weighted by Crippen LogP contribution is -2.31. The molecule has 0 spiro atoms. The lowest BCUT2D eigenvalue weighted by atomic mass is 10.1. The Morgan fingerprint density at radius 1 is 1.26 bits per heavy atom. The maximum Gasteiger partial charge on any atom is 0.416 e. The van der Waals surface area contributed by atoms with Crippen molar-refractivity contribution in [2.75, 3.05) is 5.32 Å². The number of hydrogen-bond donors (Lipinski definition) is 1. The number of benzene rings is 1. The van der Waals surface area contributed by atoms with Gasteiger partial charge in [-0.3, -0.25) is 9.59 Å². The number of halogens is 3. The van der Waals surface area contributed by atoms with E-state index in [1.807, 2.05) is 0 Å². The van der Waals surface area contributed by atoms with Crippen LogP contribution < -0.4 is 5.32 Å². The fraction of sp³-hybridized carbons (Fsp3) is 0.500. The first kappa shape index (κ1) is 17.3. The fourth-order valence-corrected chi connectivity index (χ4v) is 2.50. The highest BCUT2D eigenvalue weighted by atomic mass is 19.4. The number of esters is 1. The molecule has 1 fully saturated rings. The summed E-state index contributed by atoms with van der Waals surface area (Å²) in [5.74, 6) is -1.26. The van der Waals surface area contributed by atoms with Crippen molar-refractivity contribution < 1.29 is 27.5 Å². The summed E-state index contributed by atoms with van der Waals surface area (Å²) in [5, 5.41) is 2.33. The highest BCUT2D eigenvalue weighted by Gasteiger charge is 2.31. The molecule has 1 N–H and O–H groups in total. The third-order valence-corrected chi connectivity index (χ3v) is 3.81. The Labute approximate surface area is 132 Å². The lowest BCUT2D eigenvalue weighted by molar-refractivity contribution is -0.157. The maximum absolute atomic E-state index is 12.6. The Morgan fingerprint density at radius 3 is 2.52 bits per heavy atom. The van der Waals surface area contributed by atoms with Crippen LogP contribution in [0.3, 0.4) is 0 Å². The van der Waals surface area contributed by atoms with Gasteiger partial charge >= 0.3 is 12.1 Å². The first-order chi connectivity index (χ1) is 10.8. The monoisotopic (exact) mass is 329 g/mol. The van der Waals surface area contributed by atoms with Crippen LogP contribution >= 0.6 is 0 Å². The second-order valence-electron chi connectivity index (χ2n) is 5.63. The van der Waals surface area contributed by atoms with Crippen LogP contribution in [0.1, 0.15) is 38.2 Å². The lowest BCUT2D eigenvalue weighted by Gasteiger charge is -2.16. The van der Waals surface area contributed by atoms with Gasteiger partial charge in [0, 0.05) is 5.69 Å². The molecule has 1 aliphatic rings. The summed E-state index contributed by atoms with van der Waals surface area (Å²) in [4.78, 5) is 23.8. The number of carbonyl (C=O) groups is 2. The van der Waals surface area contributed by atoms with Crippen LogP contribution in [0.25, 0.3) is 0 Å². The van der Waals surface area contributed by atoms with Gasteiger partial charge in [0.1, 0.15) is 0 Å². The molecule has 4 nitrogen and oxygen atoms in total. The van der Waals surface area contributed by atoms with Crippen molar-refractivity contribution in [1.29, 1.82) is 0 Å². The van der Waals surface area contributed by atoms with Gasteiger partial charge < -0.3 is 10.1 Å². The molecule has 0 aliphatic heterocycles. The number of hydrogen-bond acceptors (Lipinski definition) is 3. The summed E-state index contributed by atoms with van der Waals surface area (Å²) in [5.41, 5.74) is -0.848. The maximum atomic E-state index is 12.6. The van der Waals surface area contributed by atoms with Crippen molar-refractivity contribution in [3.05, 3.63) is 29.8 Å². The van der Waals surface area contributed by atoms with E-state index in [0.717, 1.165) is 37.8 Å². The van der Waals surface area contributed by atoms with Crippen LogP contribution in [0.15, 0.2) is 24.3 Å². The molecule has 2 rings (SSSR count). The number of alkyl halides is 3. The van der Waals surface area contributed by atoms with Crippen LogP contribution in [-0.2, 0) is 20.5 Å². The molecule has 0 radical (unpaired) electrons. The molecule has 1 aromatic carbocycles. The fourth-order valence-electron chi connectivity index (χ4n) is 2.50. The van der Waals surface area contributed by atoms with E-state index in [1.54, 1.807) is 0 Å². The number of anilines is 1. The molecule has 0 bridgehead atoms. The van der Waals surface area contributed by atoms with Crippen LogP contribution in [0, 0.1) is 5.92 Å². The van der Waals surface area contributed by atoms with Crippen LogP contribution in [0.5, 0.6) is 0 Å². The molecule has 0 heterocycles. The van der Waals surface area contributed by atoms with E-state index in [4.69, 9.17) is 4.74 Å². The molecule has 1 amide bonds. The Balaban J connectivity index is 1.94. The summed E-state index contributed by atoms with van der Waals surface area (Å²) >= 11 is 0. The zero-order valence-electron chi connectivity index (χ0n) is 12.7. The largest absolute Gasteiger partial charge is 0.452 e. The summed E-state index contributed by atoms with van der Waals surface area (Å²) in [6.45, 7) is 1.40. The minimum atomic E-state index is -4.48. The molecule has 0 aromatic heterocycles. The average Bonchev–Trinajstić information content (AvgIpc) is 3.00. The molecule has 23 heavy (non-hydrogen) atoms. The molecule has 126 valence electrons. The van der Waals surface area contributed by atoms with Gasteiger partial charge in [-0.2, -0.15) is 13.2 Å². The van der Waals surface area contributed by atoms with E-state index in [-0.39, 0.29) is 11.6 Å². The van der Waals surface area contributed by atoms with Crippen molar-refractivity contribution >= 4 is 17.6 Å². The molecule has 7 heteroatoms. The van der Waals surface area contributed by atoms with Crippen molar-refractivity contribution in [2.24, 2.45) is 5.92 Å². The van der Waals surface area contributed by atoms with E-state index in [1.165, 1.54) is 19.1 Å². The number of ether oxygens (including phenoxy) is 1. The first-order valence-electron chi connectivity index (χ1n) is 7.46. The van der Waals surface area contributed by atoms with Gasteiger partial charge in [0.2, 0.25) is 0 Å². The summed E-state index contributed by atoms with van der Waals surface area (Å²) in [7, 11) is 0. The Hall–Kier alpha value is -2.05. The summed E-state index contributed by atoms with van der Waals surface area (Å²) < 4.78 is 43.0. The Kier molecular flexibility index (Phi) is 5.28. The van der Waals surface area contributed by atoms with E-state index >= 15 is 0 Å². The van der Waals surface area contributed by atoms with Crippen LogP contribution in [0.4, 0.5) is 18.9 Å². The molecule has 0 unspecified atom stereocenters. The standard InChI is InChI=1S/C16H18F3NO3/c1-10(23-15(22)11-5-2-3-6-11)14(21)20-13-8-4-7-12(9-13)16(17,18)19/h4,7-11H,2-3,5-6H2,1H3,(H,20,21)/t10-/m0/s1. The topological polar surface area (TPSA) is 55.4 Å². The third-order valence-electron chi connectivity index (χ3n) is 3.81. The predicted molar refractivity (Wildman–Crippen MR) is 77.6 cm³/mol. The highest BCUT2D eigenvalue weighted by Crippen LogP contribution is 2.30. The van der Waals surface area contributed by atoms with Gasteiger partial charge in [0.15, 0.2) is 6.10 Å². The van der Waals surface area contributed by atoms with Crippen molar-refractivity contribution in [1.82, 2.24) is 0 Å². The zero-order chi connectivity index (χ0) is 17.0. The molecule has 1 saturated carbocycles. The number of nitrogens with one attached hydrogen (secondary N) is 1. The average molecular weight is 329 g/mol. The van der Waals surface area contributed by atoms with Gasteiger partial charge in [-0.25, -0.2) is 0 Å². The molecule has 1 aliphatic carbocycles. The van der Waals surface area contributed by atoms with Gasteiger partial charge in [-0.05, 0) is 38.0 Å². The zero-order valence-corrected chi connectivity index (χ0v) is 12.7. The first-order valence-corrected chi connectivity index (χ1v) is 7.46.